The Morgan fingerprint density at radius 3 is 2.08 bits per heavy atom. The van der Waals surface area contributed by atoms with Crippen molar-refractivity contribution in [3.05, 3.63) is 71.8 Å². The molecule has 2 atom stereocenters. The fourth-order valence-electron chi connectivity index (χ4n) is 2.66. The van der Waals surface area contributed by atoms with Gasteiger partial charge in [-0.05, 0) is 18.1 Å². The van der Waals surface area contributed by atoms with Gasteiger partial charge in [0.25, 0.3) is 0 Å². The number of rotatable bonds is 8. The third-order valence-corrected chi connectivity index (χ3v) is 8.60. The van der Waals surface area contributed by atoms with Crippen molar-refractivity contribution in [2.45, 2.75) is 31.3 Å². The Morgan fingerprint density at radius 1 is 1.00 bits per heavy atom. The molecule has 0 saturated heterocycles. The molecule has 0 aromatic heterocycles. The molecule has 4 heteroatoms. The van der Waals surface area contributed by atoms with E-state index in [1.807, 2.05) is 67.6 Å². The van der Waals surface area contributed by atoms with Gasteiger partial charge >= 0.3 is 0 Å². The molecule has 0 saturated carbocycles. The van der Waals surface area contributed by atoms with E-state index in [0.717, 1.165) is 11.1 Å². The van der Waals surface area contributed by atoms with Crippen molar-refractivity contribution in [2.75, 3.05) is 19.9 Å². The van der Waals surface area contributed by atoms with Crippen LogP contribution >= 0.6 is 0 Å². The van der Waals surface area contributed by atoms with Gasteiger partial charge in [-0.25, -0.2) is 0 Å². The molecule has 0 spiro atoms. The summed E-state index contributed by atoms with van der Waals surface area (Å²) in [6.07, 6.45) is 0.437. The number of benzene rings is 2. The van der Waals surface area contributed by atoms with E-state index in [1.54, 1.807) is 7.11 Å². The molecule has 0 bridgehead atoms. The Morgan fingerprint density at radius 2 is 1.54 bits per heavy atom. The van der Waals surface area contributed by atoms with E-state index in [9.17, 15) is 5.11 Å². The molecule has 0 fully saturated rings. The zero-order valence-corrected chi connectivity index (χ0v) is 16.0. The van der Waals surface area contributed by atoms with Crippen LogP contribution in [0.25, 0.3) is 0 Å². The first kappa shape index (κ1) is 18.9. The summed E-state index contributed by atoms with van der Waals surface area (Å²) in [6.45, 7) is 6.73. The van der Waals surface area contributed by atoms with E-state index in [2.05, 4.69) is 13.1 Å². The van der Waals surface area contributed by atoms with Crippen LogP contribution in [0.1, 0.15) is 24.2 Å². The number of hydrogen-bond donors (Lipinski definition) is 1. The average Bonchev–Trinajstić information content (AvgIpc) is 2.60. The van der Waals surface area contributed by atoms with Crippen molar-refractivity contribution in [3.8, 4) is 0 Å². The van der Waals surface area contributed by atoms with Gasteiger partial charge in [0.2, 0.25) is 0 Å². The number of methoxy groups -OCH3 is 1. The molecule has 0 heterocycles. The molecular formula is C20H28O3Si. The maximum Gasteiger partial charge on any atom is 0.119 e. The molecule has 0 aliphatic heterocycles. The lowest BCUT2D eigenvalue weighted by Crippen LogP contribution is -2.53. The molecule has 2 rings (SSSR count). The lowest BCUT2D eigenvalue weighted by Gasteiger charge is -2.39. The Balaban J connectivity index is 2.12. The smallest absolute Gasteiger partial charge is 0.119 e. The van der Waals surface area contributed by atoms with Gasteiger partial charge in [-0.15, -0.1) is 0 Å². The highest BCUT2D eigenvalue weighted by Gasteiger charge is 2.43. The zero-order valence-electron chi connectivity index (χ0n) is 15.0. The molecule has 130 valence electrons. The summed E-state index contributed by atoms with van der Waals surface area (Å²) >= 11 is 0. The summed E-state index contributed by atoms with van der Waals surface area (Å²) in [4.78, 5) is 0. The summed E-state index contributed by atoms with van der Waals surface area (Å²) in [6, 6.07) is 20.0. The molecule has 3 nitrogen and oxygen atoms in total. The van der Waals surface area contributed by atoms with Gasteiger partial charge in [0.1, 0.15) is 14.2 Å². The van der Waals surface area contributed by atoms with Crippen LogP contribution in [0.2, 0.25) is 13.1 Å². The fraction of sp³-hybridized carbons (Fsp3) is 0.400. The van der Waals surface area contributed by atoms with E-state index in [-0.39, 0.29) is 6.10 Å². The summed E-state index contributed by atoms with van der Waals surface area (Å²) in [5.74, 6) is 0. The Hall–Kier alpha value is -1.46. The first-order chi connectivity index (χ1) is 11.4. The molecule has 0 unspecified atom stereocenters. The van der Waals surface area contributed by atoms with Crippen LogP contribution in [-0.4, -0.2) is 33.1 Å². The fourth-order valence-corrected chi connectivity index (χ4v) is 4.51. The largest absolute Gasteiger partial charge is 0.389 e. The zero-order chi connectivity index (χ0) is 17.6. The Bertz CT molecular complexity index is 611. The minimum absolute atomic E-state index is 0.116. The summed E-state index contributed by atoms with van der Waals surface area (Å²) in [7, 11) is -0.436. The van der Waals surface area contributed by atoms with Crippen molar-refractivity contribution in [1.29, 1.82) is 0 Å². The predicted octanol–water partition coefficient (Wildman–Crippen LogP) is 4.09. The second-order valence-corrected chi connectivity index (χ2v) is 12.0. The number of ether oxygens (including phenoxy) is 2. The number of aliphatic hydroxyl groups is 1. The molecule has 2 aromatic rings. The van der Waals surface area contributed by atoms with Crippen LogP contribution in [0, 0.1) is 0 Å². The van der Waals surface area contributed by atoms with Gasteiger partial charge in [0.15, 0.2) is 0 Å². The maximum atomic E-state index is 11.2. The Labute approximate surface area is 146 Å². The van der Waals surface area contributed by atoms with Crippen LogP contribution in [0.4, 0.5) is 0 Å². The summed E-state index contributed by atoms with van der Waals surface area (Å²) in [5.41, 5.74) is 2.05. The molecule has 0 aliphatic carbocycles. The van der Waals surface area contributed by atoms with E-state index >= 15 is 0 Å². The second-order valence-electron chi connectivity index (χ2n) is 6.99. The van der Waals surface area contributed by atoms with Gasteiger partial charge in [-0.1, -0.05) is 73.8 Å². The minimum atomic E-state index is -2.12. The van der Waals surface area contributed by atoms with E-state index < -0.39 is 13.3 Å². The molecule has 24 heavy (non-hydrogen) atoms. The third kappa shape index (κ3) is 4.33. The van der Waals surface area contributed by atoms with Crippen molar-refractivity contribution < 1.29 is 14.6 Å². The van der Waals surface area contributed by atoms with Crippen LogP contribution in [0.15, 0.2) is 60.7 Å². The quantitative estimate of drug-likeness (QED) is 0.733. The van der Waals surface area contributed by atoms with Crippen LogP contribution in [0.5, 0.6) is 0 Å². The molecule has 0 radical (unpaired) electrons. The normalized spacial score (nSPS) is 15.7. The van der Waals surface area contributed by atoms with Crippen molar-refractivity contribution in [1.82, 2.24) is 0 Å². The minimum Gasteiger partial charge on any atom is -0.389 e. The Kier molecular flexibility index (Phi) is 6.35. The lowest BCUT2D eigenvalue weighted by molar-refractivity contribution is 0.0101. The van der Waals surface area contributed by atoms with Gasteiger partial charge in [0, 0.05) is 13.3 Å². The van der Waals surface area contributed by atoms with Gasteiger partial charge in [-0.3, -0.25) is 0 Å². The van der Waals surface area contributed by atoms with Crippen molar-refractivity contribution in [3.63, 3.8) is 0 Å². The van der Waals surface area contributed by atoms with E-state index in [4.69, 9.17) is 9.47 Å². The molecule has 1 N–H and O–H groups in total. The molecular weight excluding hydrogens is 316 g/mol. The van der Waals surface area contributed by atoms with Gasteiger partial charge in [-0.2, -0.15) is 0 Å². The summed E-state index contributed by atoms with van der Waals surface area (Å²) < 4.78 is 11.5. The summed E-state index contributed by atoms with van der Waals surface area (Å²) in [5, 5.41) is 10.3. The van der Waals surface area contributed by atoms with Crippen molar-refractivity contribution >= 4 is 8.07 Å². The molecule has 0 amide bonds. The maximum absolute atomic E-state index is 11.2. The molecule has 0 aliphatic rings. The van der Waals surface area contributed by atoms with Crippen LogP contribution < -0.4 is 0 Å². The van der Waals surface area contributed by atoms with Gasteiger partial charge < -0.3 is 14.6 Å². The van der Waals surface area contributed by atoms with E-state index in [0.29, 0.717) is 12.8 Å². The van der Waals surface area contributed by atoms with E-state index in [1.165, 1.54) is 0 Å². The van der Waals surface area contributed by atoms with Gasteiger partial charge in [0.05, 0.1) is 11.8 Å². The third-order valence-electron chi connectivity index (χ3n) is 4.79. The van der Waals surface area contributed by atoms with Crippen LogP contribution in [0.3, 0.4) is 0 Å². The highest BCUT2D eigenvalue weighted by Crippen LogP contribution is 2.32. The standard InChI is InChI=1S/C20H28O3Si/c1-20(21,18-13-9-6-10-14-18)24(3,4)16-23-19(15-22-2)17-11-7-5-8-12-17/h5-14,19,21H,15-16H2,1-4H3/t19-,20+/m1/s1. The average molecular weight is 345 g/mol. The lowest BCUT2D eigenvalue weighted by atomic mass is 10.1. The predicted molar refractivity (Wildman–Crippen MR) is 101 cm³/mol. The topological polar surface area (TPSA) is 38.7 Å². The number of hydrogen-bond acceptors (Lipinski definition) is 3. The SMILES string of the molecule is COC[C@@H](OC[Si](C)(C)[C@](C)(O)c1ccccc1)c1ccccc1. The highest BCUT2D eigenvalue weighted by atomic mass is 28.3. The van der Waals surface area contributed by atoms with Crippen LogP contribution in [-0.2, 0) is 14.7 Å². The second kappa shape index (κ2) is 8.08. The first-order valence-corrected chi connectivity index (χ1v) is 11.5. The van der Waals surface area contributed by atoms with Crippen molar-refractivity contribution in [2.24, 2.45) is 0 Å². The highest BCUT2D eigenvalue weighted by molar-refractivity contribution is 6.79. The monoisotopic (exact) mass is 344 g/mol. The first-order valence-electron chi connectivity index (χ1n) is 8.32. The molecule has 2 aromatic carbocycles.